The Morgan fingerprint density at radius 2 is 2.20 bits per heavy atom. The van der Waals surface area contributed by atoms with Gasteiger partial charge in [0.05, 0.1) is 23.2 Å². The average Bonchev–Trinajstić information content (AvgIpc) is 2.42. The number of halogens is 1. The number of amides is 1. The van der Waals surface area contributed by atoms with Crippen LogP contribution in [0.5, 0.6) is 0 Å². The van der Waals surface area contributed by atoms with Crippen molar-refractivity contribution in [2.45, 2.75) is 6.42 Å². The lowest BCUT2D eigenvalue weighted by molar-refractivity contribution is -0.385. The zero-order valence-electron chi connectivity index (χ0n) is 10.7. The predicted octanol–water partition coefficient (Wildman–Crippen LogP) is 1.38. The van der Waals surface area contributed by atoms with Crippen LogP contribution in [0.4, 0.5) is 5.69 Å². The molecule has 1 aromatic carbocycles. The van der Waals surface area contributed by atoms with Crippen molar-refractivity contribution >= 4 is 23.2 Å². The molecule has 0 atom stereocenters. The summed E-state index contributed by atoms with van der Waals surface area (Å²) in [6.07, 6.45) is 0.532. The van der Waals surface area contributed by atoms with E-state index in [1.807, 2.05) is 0 Å². The first-order valence-corrected chi connectivity index (χ1v) is 6.35. The van der Waals surface area contributed by atoms with Crippen LogP contribution in [0.2, 0.25) is 5.02 Å². The van der Waals surface area contributed by atoms with Gasteiger partial charge in [-0.1, -0.05) is 17.7 Å². The third kappa shape index (κ3) is 4.76. The van der Waals surface area contributed by atoms with Gasteiger partial charge in [-0.15, -0.1) is 0 Å². The van der Waals surface area contributed by atoms with Crippen LogP contribution in [0.25, 0.3) is 0 Å². The second-order valence-electron chi connectivity index (χ2n) is 3.84. The zero-order chi connectivity index (χ0) is 15.0. The molecule has 0 radical (unpaired) electrons. The number of carbonyl (C=O) groups is 1. The molecule has 0 aliphatic rings. The highest BCUT2D eigenvalue weighted by Gasteiger charge is 2.22. The van der Waals surface area contributed by atoms with Crippen molar-refractivity contribution in [1.29, 1.82) is 0 Å². The van der Waals surface area contributed by atoms with Gasteiger partial charge in [-0.25, -0.2) is 0 Å². The van der Waals surface area contributed by atoms with Gasteiger partial charge in [-0.05, 0) is 12.5 Å². The Bertz CT molecular complexity index is 481. The maximum atomic E-state index is 11.9. The maximum absolute atomic E-state index is 11.9. The lowest BCUT2D eigenvalue weighted by Gasteiger charge is -2.07. The topological polar surface area (TPSA) is 102 Å². The van der Waals surface area contributed by atoms with Gasteiger partial charge in [0.25, 0.3) is 11.6 Å². The van der Waals surface area contributed by atoms with Crippen molar-refractivity contribution in [1.82, 2.24) is 5.32 Å². The molecule has 0 saturated carbocycles. The molecule has 1 aromatic rings. The molecule has 0 aromatic heterocycles. The number of aliphatic hydroxyl groups is 1. The molecule has 8 heteroatoms. The van der Waals surface area contributed by atoms with E-state index in [2.05, 4.69) is 5.32 Å². The predicted molar refractivity (Wildman–Crippen MR) is 73.0 cm³/mol. The van der Waals surface area contributed by atoms with Gasteiger partial charge in [-0.2, -0.15) is 0 Å². The molecular formula is C12H15ClN2O5. The number of hydrogen-bond acceptors (Lipinski definition) is 5. The van der Waals surface area contributed by atoms with Crippen molar-refractivity contribution in [2.75, 3.05) is 26.4 Å². The second-order valence-corrected chi connectivity index (χ2v) is 4.24. The van der Waals surface area contributed by atoms with Crippen LogP contribution < -0.4 is 5.32 Å². The molecule has 2 N–H and O–H groups in total. The maximum Gasteiger partial charge on any atom is 0.283 e. The summed E-state index contributed by atoms with van der Waals surface area (Å²) in [5.74, 6) is -0.593. The highest BCUT2D eigenvalue weighted by atomic mass is 35.5. The summed E-state index contributed by atoms with van der Waals surface area (Å²) < 4.78 is 5.02. The minimum absolute atomic E-state index is 0.0354. The number of nitrogens with zero attached hydrogens (tertiary/aromatic N) is 1. The van der Waals surface area contributed by atoms with Crippen LogP contribution >= 0.6 is 11.6 Å². The molecule has 0 aliphatic carbocycles. The Kier molecular flexibility index (Phi) is 6.92. The van der Waals surface area contributed by atoms with E-state index in [1.165, 1.54) is 18.2 Å². The Balaban J connectivity index is 2.57. The number of ether oxygens (including phenoxy) is 1. The van der Waals surface area contributed by atoms with E-state index < -0.39 is 10.8 Å². The average molecular weight is 303 g/mol. The normalized spacial score (nSPS) is 10.3. The molecule has 20 heavy (non-hydrogen) atoms. The molecule has 0 fully saturated rings. The van der Waals surface area contributed by atoms with E-state index in [0.717, 1.165) is 0 Å². The van der Waals surface area contributed by atoms with Crippen molar-refractivity contribution < 1.29 is 19.6 Å². The third-order valence-corrected chi connectivity index (χ3v) is 2.72. The van der Waals surface area contributed by atoms with Crippen molar-refractivity contribution in [3.05, 3.63) is 38.9 Å². The molecule has 0 spiro atoms. The highest BCUT2D eigenvalue weighted by molar-refractivity contribution is 6.34. The Hall–Kier alpha value is -1.70. The van der Waals surface area contributed by atoms with Crippen LogP contribution in [0, 0.1) is 10.1 Å². The van der Waals surface area contributed by atoms with E-state index in [0.29, 0.717) is 19.6 Å². The van der Waals surface area contributed by atoms with Gasteiger partial charge >= 0.3 is 0 Å². The summed E-state index contributed by atoms with van der Waals surface area (Å²) in [5, 5.41) is 21.9. The van der Waals surface area contributed by atoms with Gasteiger partial charge in [0.2, 0.25) is 0 Å². The molecular weight excluding hydrogens is 288 g/mol. The lowest BCUT2D eigenvalue weighted by atomic mass is 10.1. The summed E-state index contributed by atoms with van der Waals surface area (Å²) in [5.41, 5.74) is -0.470. The Morgan fingerprint density at radius 3 is 2.85 bits per heavy atom. The minimum Gasteiger partial charge on any atom is -0.394 e. The minimum atomic E-state index is -0.648. The summed E-state index contributed by atoms with van der Waals surface area (Å²) >= 11 is 5.83. The van der Waals surface area contributed by atoms with E-state index >= 15 is 0 Å². The largest absolute Gasteiger partial charge is 0.394 e. The number of carbonyl (C=O) groups excluding carboxylic acids is 1. The van der Waals surface area contributed by atoms with E-state index in [9.17, 15) is 14.9 Å². The molecule has 0 unspecified atom stereocenters. The molecule has 0 heterocycles. The van der Waals surface area contributed by atoms with E-state index in [4.69, 9.17) is 21.4 Å². The Morgan fingerprint density at radius 1 is 1.45 bits per heavy atom. The van der Waals surface area contributed by atoms with Crippen molar-refractivity contribution in [3.8, 4) is 0 Å². The summed E-state index contributed by atoms with van der Waals surface area (Å²) in [7, 11) is 0. The van der Waals surface area contributed by atoms with Gasteiger partial charge in [0, 0.05) is 19.2 Å². The van der Waals surface area contributed by atoms with Crippen molar-refractivity contribution in [3.63, 3.8) is 0 Å². The van der Waals surface area contributed by atoms with Crippen LogP contribution in [-0.2, 0) is 4.74 Å². The number of rotatable bonds is 8. The lowest BCUT2D eigenvalue weighted by Crippen LogP contribution is -2.26. The molecule has 0 bridgehead atoms. The fraction of sp³-hybridized carbons (Fsp3) is 0.417. The van der Waals surface area contributed by atoms with E-state index in [-0.39, 0.29) is 29.5 Å². The third-order valence-electron chi connectivity index (χ3n) is 2.40. The van der Waals surface area contributed by atoms with Crippen LogP contribution in [-0.4, -0.2) is 42.3 Å². The van der Waals surface area contributed by atoms with Crippen LogP contribution in [0.1, 0.15) is 16.8 Å². The molecule has 0 aliphatic heterocycles. The van der Waals surface area contributed by atoms with Gasteiger partial charge in [0.1, 0.15) is 5.56 Å². The molecule has 7 nitrogen and oxygen atoms in total. The summed E-state index contributed by atoms with van der Waals surface area (Å²) in [6.45, 7) is 0.861. The van der Waals surface area contributed by atoms with Gasteiger partial charge < -0.3 is 15.2 Å². The molecule has 1 rings (SSSR count). The van der Waals surface area contributed by atoms with E-state index in [1.54, 1.807) is 0 Å². The van der Waals surface area contributed by atoms with Gasteiger partial charge in [-0.3, -0.25) is 14.9 Å². The first-order valence-electron chi connectivity index (χ1n) is 5.97. The number of nitro benzene ring substituents is 1. The number of benzene rings is 1. The number of aliphatic hydroxyl groups excluding tert-OH is 1. The number of nitrogens with one attached hydrogen (secondary N) is 1. The molecule has 1 amide bonds. The van der Waals surface area contributed by atoms with Gasteiger partial charge in [0.15, 0.2) is 0 Å². The smallest absolute Gasteiger partial charge is 0.283 e. The standard InChI is InChI=1S/C12H15ClN2O5/c13-9-3-1-4-10(15(18)19)11(9)12(17)14-5-2-7-20-8-6-16/h1,3-4,16H,2,5-8H2,(H,14,17). The van der Waals surface area contributed by atoms with Crippen molar-refractivity contribution in [2.24, 2.45) is 0 Å². The molecule has 110 valence electrons. The first kappa shape index (κ1) is 16.4. The van der Waals surface area contributed by atoms with Crippen LogP contribution in [0.3, 0.4) is 0 Å². The Labute approximate surface area is 120 Å². The first-order chi connectivity index (χ1) is 9.57. The monoisotopic (exact) mass is 302 g/mol. The fourth-order valence-corrected chi connectivity index (χ4v) is 1.78. The second kappa shape index (κ2) is 8.47. The quantitative estimate of drug-likeness (QED) is 0.429. The zero-order valence-corrected chi connectivity index (χ0v) is 11.4. The SMILES string of the molecule is O=C(NCCCOCCO)c1c(Cl)cccc1[N+](=O)[O-]. The molecule has 0 saturated heterocycles. The number of nitro groups is 1. The fourth-order valence-electron chi connectivity index (χ4n) is 1.52. The highest BCUT2D eigenvalue weighted by Crippen LogP contribution is 2.25. The summed E-state index contributed by atoms with van der Waals surface area (Å²) in [4.78, 5) is 22.1. The summed E-state index contributed by atoms with van der Waals surface area (Å²) in [6, 6.07) is 4.07. The van der Waals surface area contributed by atoms with Crippen LogP contribution in [0.15, 0.2) is 18.2 Å². The number of hydrogen-bond donors (Lipinski definition) is 2.